The van der Waals surface area contributed by atoms with Crippen molar-refractivity contribution < 1.29 is 20.3 Å². The number of ether oxygens (including phenoxy) is 1. The van der Waals surface area contributed by atoms with Gasteiger partial charge in [0.1, 0.15) is 0 Å². The van der Waals surface area contributed by atoms with Gasteiger partial charge in [-0.25, -0.2) is 0 Å². The molecule has 1 nitrogen and oxygen atoms in total. The van der Waals surface area contributed by atoms with Crippen molar-refractivity contribution in [2.24, 2.45) is 0 Å². The predicted octanol–water partition coefficient (Wildman–Crippen LogP) is 1.55. The van der Waals surface area contributed by atoms with Gasteiger partial charge < -0.3 is 0 Å². The molecule has 0 amide bonds. The summed E-state index contributed by atoms with van der Waals surface area (Å²) in [7, 11) is 0. The van der Waals surface area contributed by atoms with Crippen molar-refractivity contribution in [3.63, 3.8) is 0 Å². The zero-order chi connectivity index (χ0) is 7.28. The zero-order valence-electron chi connectivity index (χ0n) is 4.99. The fraction of sp³-hybridized carbons (Fsp3) is 0.400. The zero-order valence-corrected chi connectivity index (χ0v) is 7.73. The van der Waals surface area contributed by atoms with E-state index in [4.69, 9.17) is 17.0 Å². The van der Waals surface area contributed by atoms with Gasteiger partial charge in [0.25, 0.3) is 0 Å². The third-order valence-corrected chi connectivity index (χ3v) is 1.61. The van der Waals surface area contributed by atoms with E-state index < -0.39 is 0 Å². The molecule has 0 aromatic carbocycles. The van der Waals surface area contributed by atoms with Crippen LogP contribution in [-0.2, 0) is 20.3 Å². The first-order valence-electron chi connectivity index (χ1n) is 2.34. The van der Waals surface area contributed by atoms with E-state index in [0.717, 1.165) is 5.75 Å². The average molecular weight is 203 g/mol. The van der Waals surface area contributed by atoms with Gasteiger partial charge in [-0.3, -0.25) is 0 Å². The fourth-order valence-electron chi connectivity index (χ4n) is 0.236. The van der Waals surface area contributed by atoms with E-state index in [1.54, 1.807) is 0 Å². The van der Waals surface area contributed by atoms with E-state index >= 15 is 0 Å². The quantitative estimate of drug-likeness (QED) is 0.383. The van der Waals surface area contributed by atoms with Gasteiger partial charge in [0.2, 0.25) is 0 Å². The molecular formula is C5H7FeOS2. The normalized spacial score (nSPS) is 8.67. The molecule has 9 heavy (non-hydrogen) atoms. The molecule has 0 aromatic heterocycles. The van der Waals surface area contributed by atoms with Crippen LogP contribution in [0.15, 0.2) is 0 Å². The standard InChI is InChI=1S/C5H7OS2.Fe/c1-3-6-5(7)8-4-2;/h1,4H2,2H3;/q-1;+1. The van der Waals surface area contributed by atoms with E-state index in [1.165, 1.54) is 11.8 Å². The molecule has 0 saturated carbocycles. The Hall–Kier alpha value is 0.629. The van der Waals surface area contributed by atoms with Gasteiger partial charge in [-0.1, -0.05) is 0 Å². The molecule has 0 aliphatic heterocycles. The summed E-state index contributed by atoms with van der Waals surface area (Å²) in [5.74, 6) is 0.923. The Kier molecular flexibility index (Phi) is 5.80. The van der Waals surface area contributed by atoms with Crippen LogP contribution in [-0.4, -0.2) is 14.7 Å². The third-order valence-electron chi connectivity index (χ3n) is 0.454. The number of thiocarbonyl (C=S) groups is 1. The SMILES string of the molecule is [CH2-][C](=[Fe+])OC(=S)SCC. The van der Waals surface area contributed by atoms with Gasteiger partial charge in [0, 0.05) is 0 Å². The first kappa shape index (κ1) is 9.63. The summed E-state index contributed by atoms with van der Waals surface area (Å²) >= 11 is 9.68. The minimum absolute atomic E-state index is 0.404. The van der Waals surface area contributed by atoms with E-state index in [-0.39, 0.29) is 0 Å². The van der Waals surface area contributed by atoms with Crippen molar-refractivity contribution in [3.05, 3.63) is 6.92 Å². The van der Waals surface area contributed by atoms with Crippen molar-refractivity contribution in [1.82, 2.24) is 0 Å². The molecule has 0 rings (SSSR count). The number of thioether (sulfide) groups is 1. The van der Waals surface area contributed by atoms with Crippen LogP contribution in [0.3, 0.4) is 0 Å². The van der Waals surface area contributed by atoms with Crippen LogP contribution in [0.5, 0.6) is 0 Å². The Bertz CT molecular complexity index is 124. The summed E-state index contributed by atoms with van der Waals surface area (Å²) in [6.07, 6.45) is 0. The minimum atomic E-state index is 0.404. The molecule has 0 radical (unpaired) electrons. The second kappa shape index (κ2) is 5.42. The van der Waals surface area contributed by atoms with Gasteiger partial charge in [-0.15, -0.1) is 0 Å². The predicted molar refractivity (Wildman–Crippen MR) is 42.2 cm³/mol. The molecule has 53 valence electrons. The average Bonchev–Trinajstić information content (AvgIpc) is 1.63. The van der Waals surface area contributed by atoms with Crippen LogP contribution in [0.2, 0.25) is 0 Å². The summed E-state index contributed by atoms with van der Waals surface area (Å²) in [4.78, 5) is 0. The van der Waals surface area contributed by atoms with Gasteiger partial charge in [-0.2, -0.15) is 0 Å². The molecule has 0 N–H and O–H groups in total. The molecule has 0 spiro atoms. The topological polar surface area (TPSA) is 9.23 Å². The van der Waals surface area contributed by atoms with Crippen LogP contribution < -0.4 is 0 Å². The number of hydrogen-bond donors (Lipinski definition) is 0. The van der Waals surface area contributed by atoms with Crippen LogP contribution in [0.4, 0.5) is 0 Å². The Morgan fingerprint density at radius 3 is 2.78 bits per heavy atom. The molecule has 0 fully saturated rings. The van der Waals surface area contributed by atoms with Crippen molar-refractivity contribution in [3.8, 4) is 0 Å². The van der Waals surface area contributed by atoms with Crippen molar-refractivity contribution in [2.75, 3.05) is 5.75 Å². The fourth-order valence-corrected chi connectivity index (χ4v) is 1.34. The summed E-state index contributed by atoms with van der Waals surface area (Å²) in [5, 5.41) is 0. The molecular weight excluding hydrogens is 196 g/mol. The molecule has 4 heteroatoms. The first-order valence-corrected chi connectivity index (χ1v) is 4.29. The van der Waals surface area contributed by atoms with E-state index in [2.05, 4.69) is 22.5 Å². The maximum atomic E-state index is 4.88. The molecule has 0 aliphatic rings. The van der Waals surface area contributed by atoms with E-state index in [1.807, 2.05) is 6.92 Å². The monoisotopic (exact) mass is 203 g/mol. The summed E-state index contributed by atoms with van der Waals surface area (Å²) < 4.78 is 5.78. The van der Waals surface area contributed by atoms with Crippen molar-refractivity contribution >= 4 is 33.0 Å². The molecule has 0 atom stereocenters. The van der Waals surface area contributed by atoms with E-state index in [0.29, 0.717) is 8.99 Å². The van der Waals surface area contributed by atoms with Crippen LogP contribution >= 0.6 is 24.0 Å². The van der Waals surface area contributed by atoms with Crippen molar-refractivity contribution in [2.45, 2.75) is 6.92 Å². The second-order valence-corrected chi connectivity index (χ2v) is 3.61. The van der Waals surface area contributed by atoms with Gasteiger partial charge in [-0.05, 0) is 0 Å². The molecule has 0 aliphatic carbocycles. The van der Waals surface area contributed by atoms with Crippen LogP contribution in [0.1, 0.15) is 6.92 Å². The van der Waals surface area contributed by atoms with Gasteiger partial charge >= 0.3 is 72.9 Å². The Morgan fingerprint density at radius 2 is 2.44 bits per heavy atom. The molecule has 0 aromatic rings. The molecule has 0 saturated heterocycles. The first-order chi connectivity index (χ1) is 4.16. The van der Waals surface area contributed by atoms with E-state index in [9.17, 15) is 0 Å². The second-order valence-electron chi connectivity index (χ2n) is 1.13. The third kappa shape index (κ3) is 6.52. The summed E-state index contributed by atoms with van der Waals surface area (Å²) in [5.41, 5.74) is 0. The summed E-state index contributed by atoms with van der Waals surface area (Å²) in [6, 6.07) is 0. The Balaban J connectivity index is 3.39. The Morgan fingerprint density at radius 1 is 1.89 bits per heavy atom. The Labute approximate surface area is 72.9 Å². The van der Waals surface area contributed by atoms with Crippen LogP contribution in [0.25, 0.3) is 0 Å². The number of hydrogen-bond acceptors (Lipinski definition) is 3. The van der Waals surface area contributed by atoms with Gasteiger partial charge in [0.05, 0.1) is 0 Å². The van der Waals surface area contributed by atoms with Crippen molar-refractivity contribution in [1.29, 1.82) is 0 Å². The van der Waals surface area contributed by atoms with Crippen LogP contribution in [0, 0.1) is 6.92 Å². The molecule has 0 bridgehead atoms. The number of rotatable bonds is 2. The molecule has 0 unspecified atom stereocenters. The van der Waals surface area contributed by atoms with Gasteiger partial charge in [0.15, 0.2) is 0 Å². The summed E-state index contributed by atoms with van der Waals surface area (Å²) in [6.45, 7) is 5.45. The maximum absolute atomic E-state index is 4.88. The molecule has 0 heterocycles.